The van der Waals surface area contributed by atoms with Gasteiger partial charge in [0.2, 0.25) is 65.0 Å². The number of hydrogen-bond acceptors (Lipinski definition) is 19. The zero-order valence-electron chi connectivity index (χ0n) is 66.2. The third kappa shape index (κ3) is 19.0. The van der Waals surface area contributed by atoms with Gasteiger partial charge in [-0.2, -0.15) is 0 Å². The standard InChI is InChI=1S/C73H119N13O18/c1-28-41(11)53-64(95)81(23)56(40(9)10)67(98)82(24)55(39(7)8)65(96)77(19)35-50(89)79(21)59(72(17,18)101)69(100)84(26)58(43(13)44(14)103-45(15)87)68(99)85(27)70(104-46(16)88)61(92)75-52(37(3)4)63(94)83(25)57(42(12)29-2)66(97)78(20)36-51(90)86-49(62(93)80(22)54(38(5)6)60(91)76-53)34-73(102)47-32-30-31-33-48(47)74-71(73)86/h30-33,37-44,49,52-59,70-71,74,101-102H,28-29,34-36H2,1-27H3,(H,75,92)(H,76,91)/t41-,42+,43-,44-,49-,52-,53-,54+,55-,56-,57-,58-,59+,70+,71?,73+/m0/s1. The van der Waals surface area contributed by atoms with Crippen LogP contribution in [0.3, 0.4) is 0 Å². The number of aliphatic hydroxyl groups is 2. The summed E-state index contributed by atoms with van der Waals surface area (Å²) in [5, 5.41) is 33.4. The topological polar surface area (TPSA) is 366 Å². The van der Waals surface area contributed by atoms with Gasteiger partial charge in [0.15, 0.2) is 0 Å². The SMILES string of the molecule is CC[C@@H](C)[C@H]1C(=O)N(C)CC(=O)N2C3Nc4ccccc4[C@]3(O)C[C@H]2C(=O)N(C)[C@H](C(C)C)C(=O)N[C@@H]([C@@H](C)CC)C(=O)N(C)[C@@H](C(C)C)C(=O)N(C)[C@@H](C(C)C)C(=O)N(C)CC(=O)N(C)[C@@H](C(C)(C)O)C(=O)N(C)[C@@H]([C@@H](C)[C@H](C)OC(C)=O)C(=O)N(C)[C@H](OC(C)=O)C(=O)N[C@@H](C(C)C)C(=O)N1C. The van der Waals surface area contributed by atoms with Crippen molar-refractivity contribution >= 4 is 88.5 Å². The molecule has 3 aliphatic heterocycles. The van der Waals surface area contributed by atoms with Crippen molar-refractivity contribution in [3.8, 4) is 0 Å². The highest BCUT2D eigenvalue weighted by molar-refractivity contribution is 6.00. The molecule has 0 saturated carbocycles. The number of hydrogen-bond donors (Lipinski definition) is 5. The van der Waals surface area contributed by atoms with Crippen LogP contribution in [0.5, 0.6) is 0 Å². The molecule has 5 N–H and O–H groups in total. The molecule has 0 spiro atoms. The van der Waals surface area contributed by atoms with Gasteiger partial charge >= 0.3 is 11.9 Å². The highest BCUT2D eigenvalue weighted by atomic mass is 16.6. The Morgan fingerprint density at radius 1 is 0.510 bits per heavy atom. The van der Waals surface area contributed by atoms with Crippen LogP contribution in [-0.2, 0) is 82.2 Å². The van der Waals surface area contributed by atoms with Crippen molar-refractivity contribution in [1.29, 1.82) is 0 Å². The molecule has 1 unspecified atom stereocenters. The largest absolute Gasteiger partial charge is 0.462 e. The smallest absolute Gasteiger partial charge is 0.304 e. The summed E-state index contributed by atoms with van der Waals surface area (Å²) in [5.41, 5.74) is -3.19. The van der Waals surface area contributed by atoms with E-state index in [9.17, 15) is 34.2 Å². The molecule has 1 aromatic carbocycles. The van der Waals surface area contributed by atoms with Crippen LogP contribution in [0, 0.1) is 41.4 Å². The van der Waals surface area contributed by atoms with Crippen LogP contribution in [0.15, 0.2) is 24.3 Å². The number of rotatable bonds is 13. The van der Waals surface area contributed by atoms with Crippen LogP contribution in [0.1, 0.15) is 149 Å². The Morgan fingerprint density at radius 2 is 0.952 bits per heavy atom. The molecule has 0 aromatic heterocycles. The Kier molecular flexibility index (Phi) is 30.0. The van der Waals surface area contributed by atoms with Gasteiger partial charge in [-0.25, -0.2) is 0 Å². The summed E-state index contributed by atoms with van der Waals surface area (Å²) in [5.74, 6) is -17.4. The summed E-state index contributed by atoms with van der Waals surface area (Å²) >= 11 is 0. The predicted molar refractivity (Wildman–Crippen MR) is 385 cm³/mol. The molecule has 31 heteroatoms. The van der Waals surface area contributed by atoms with E-state index >= 15 is 43.2 Å². The summed E-state index contributed by atoms with van der Waals surface area (Å²) in [4.78, 5) is 218. The number of fused-ring (bicyclic) bond motifs is 5. The minimum Gasteiger partial charge on any atom is -0.462 e. The van der Waals surface area contributed by atoms with E-state index < -0.39 is 221 Å². The lowest BCUT2D eigenvalue weighted by Crippen LogP contribution is -2.65. The Hall–Kier alpha value is -8.48. The number of anilines is 1. The van der Waals surface area contributed by atoms with Crippen molar-refractivity contribution in [3.63, 3.8) is 0 Å². The maximum atomic E-state index is 15.5. The average Bonchev–Trinajstić information content (AvgIpc) is 1.55. The molecule has 3 heterocycles. The van der Waals surface area contributed by atoms with Crippen LogP contribution >= 0.6 is 0 Å². The zero-order chi connectivity index (χ0) is 79.9. The Bertz CT molecular complexity index is 3360. The Morgan fingerprint density at radius 3 is 1.44 bits per heavy atom. The van der Waals surface area contributed by atoms with Gasteiger partial charge in [0, 0.05) is 101 Å². The fraction of sp³-hybridized carbons (Fsp3) is 0.726. The molecule has 1 aromatic rings. The van der Waals surface area contributed by atoms with Gasteiger partial charge in [0.1, 0.15) is 72.2 Å². The van der Waals surface area contributed by atoms with E-state index in [1.54, 1.807) is 107 Å². The summed E-state index contributed by atoms with van der Waals surface area (Å²) in [6, 6.07) is -6.47. The minimum atomic E-state index is -2.20. The van der Waals surface area contributed by atoms with Gasteiger partial charge in [0.05, 0.1) is 18.7 Å². The summed E-state index contributed by atoms with van der Waals surface area (Å²) < 4.78 is 11.1. The van der Waals surface area contributed by atoms with E-state index in [0.29, 0.717) is 29.0 Å². The number of likely N-dealkylation sites (N-methyl/N-ethyl adjacent to an activating group) is 9. The molecule has 3 aliphatic rings. The van der Waals surface area contributed by atoms with Gasteiger partial charge in [-0.05, 0) is 62.3 Å². The normalized spacial score (nSPS) is 28.1. The Labute approximate surface area is 613 Å². The highest BCUT2D eigenvalue weighted by Crippen LogP contribution is 2.50. The first-order chi connectivity index (χ1) is 47.9. The highest BCUT2D eigenvalue weighted by Gasteiger charge is 2.61. The van der Waals surface area contributed by atoms with Crippen molar-refractivity contribution in [1.82, 2.24) is 59.6 Å². The molecule has 2 fully saturated rings. The molecule has 584 valence electrons. The number of ether oxygens (including phenoxy) is 2. The van der Waals surface area contributed by atoms with Crippen LogP contribution in [0.25, 0.3) is 0 Å². The van der Waals surface area contributed by atoms with Gasteiger partial charge in [-0.15, -0.1) is 0 Å². The first-order valence-corrected chi connectivity index (χ1v) is 35.9. The monoisotopic (exact) mass is 1470 g/mol. The summed E-state index contributed by atoms with van der Waals surface area (Å²) in [6.45, 7) is 26.2. The lowest BCUT2D eigenvalue weighted by Gasteiger charge is -2.43. The second-order valence-corrected chi connectivity index (χ2v) is 30.8. The van der Waals surface area contributed by atoms with Gasteiger partial charge in [-0.1, -0.05) is 121 Å². The van der Waals surface area contributed by atoms with Crippen LogP contribution in [-0.4, -0.2) is 297 Å². The molecule has 0 aliphatic carbocycles. The van der Waals surface area contributed by atoms with Crippen molar-refractivity contribution in [3.05, 3.63) is 29.8 Å². The average molecular weight is 1470 g/mol. The number of nitrogens with one attached hydrogen (secondary N) is 3. The van der Waals surface area contributed by atoms with E-state index in [0.717, 1.165) is 55.2 Å². The van der Waals surface area contributed by atoms with E-state index in [1.807, 2.05) is 0 Å². The lowest BCUT2D eigenvalue weighted by molar-refractivity contribution is -0.175. The molecule has 104 heavy (non-hydrogen) atoms. The van der Waals surface area contributed by atoms with E-state index in [2.05, 4.69) is 16.0 Å². The molecule has 0 bridgehead atoms. The molecule has 31 nitrogen and oxygen atoms in total. The van der Waals surface area contributed by atoms with E-state index in [1.165, 1.54) is 93.9 Å². The number of carbonyl (C=O) groups excluding carboxylic acids is 14. The summed E-state index contributed by atoms with van der Waals surface area (Å²) in [6.07, 6.45) is -4.41. The van der Waals surface area contributed by atoms with Crippen LogP contribution in [0.4, 0.5) is 5.69 Å². The first kappa shape index (κ1) is 87.9. The lowest BCUT2D eigenvalue weighted by atomic mass is 9.90. The van der Waals surface area contributed by atoms with Gasteiger partial charge < -0.3 is 84.6 Å². The van der Waals surface area contributed by atoms with E-state index in [-0.39, 0.29) is 6.42 Å². The number of benzene rings is 1. The quantitative estimate of drug-likeness (QED) is 0.175. The second kappa shape index (κ2) is 35.5. The first-order valence-electron chi connectivity index (χ1n) is 35.9. The number of amides is 12. The van der Waals surface area contributed by atoms with Crippen LogP contribution in [0.2, 0.25) is 0 Å². The fourth-order valence-electron chi connectivity index (χ4n) is 14.6. The van der Waals surface area contributed by atoms with E-state index in [4.69, 9.17) is 9.47 Å². The molecular weight excluding hydrogens is 1350 g/mol. The summed E-state index contributed by atoms with van der Waals surface area (Å²) in [7, 11) is 11.5. The van der Waals surface area contributed by atoms with Gasteiger partial charge in [-0.3, -0.25) is 67.1 Å². The number of carbonyl (C=O) groups is 14. The molecular formula is C73H119N13O18. The maximum Gasteiger partial charge on any atom is 0.304 e. The predicted octanol–water partition coefficient (Wildman–Crippen LogP) is 1.51. The van der Waals surface area contributed by atoms with Crippen molar-refractivity contribution < 1.29 is 86.8 Å². The van der Waals surface area contributed by atoms with Crippen molar-refractivity contribution in [2.24, 2.45) is 41.4 Å². The Balaban J connectivity index is 2.03. The number of nitrogens with zero attached hydrogens (tertiary/aromatic N) is 10. The van der Waals surface area contributed by atoms with Crippen molar-refractivity contribution in [2.45, 2.75) is 228 Å². The number of para-hydroxylation sites is 1. The third-order valence-electron chi connectivity index (χ3n) is 21.0. The van der Waals surface area contributed by atoms with Crippen molar-refractivity contribution in [2.75, 3.05) is 81.8 Å². The fourth-order valence-corrected chi connectivity index (χ4v) is 14.6. The third-order valence-corrected chi connectivity index (χ3v) is 21.0. The molecule has 0 radical (unpaired) electrons. The molecule has 12 amide bonds. The molecule has 2 saturated heterocycles. The molecule has 4 rings (SSSR count). The minimum absolute atomic E-state index is 0.290. The second-order valence-electron chi connectivity index (χ2n) is 30.8. The maximum absolute atomic E-state index is 15.5. The zero-order valence-corrected chi connectivity index (χ0v) is 66.2. The number of esters is 2. The van der Waals surface area contributed by atoms with Crippen LogP contribution < -0.4 is 16.0 Å². The van der Waals surface area contributed by atoms with Gasteiger partial charge in [0.25, 0.3) is 12.1 Å². The molecule has 16 atom stereocenters.